The van der Waals surface area contributed by atoms with Gasteiger partial charge in [0, 0.05) is 48.3 Å². The zero-order chi connectivity index (χ0) is 20.9. The van der Waals surface area contributed by atoms with Crippen molar-refractivity contribution in [3.05, 3.63) is 54.2 Å². The van der Waals surface area contributed by atoms with Crippen molar-refractivity contribution >= 4 is 22.2 Å². The summed E-state index contributed by atoms with van der Waals surface area (Å²) in [5, 5.41) is 4.95. The van der Waals surface area contributed by atoms with Gasteiger partial charge in [0.15, 0.2) is 4.96 Å². The molecule has 1 aromatic carbocycles. The van der Waals surface area contributed by atoms with E-state index in [0.717, 1.165) is 46.4 Å². The van der Waals surface area contributed by atoms with Crippen molar-refractivity contribution in [3.63, 3.8) is 0 Å². The lowest BCUT2D eigenvalue weighted by atomic mass is 10.1. The first kappa shape index (κ1) is 20.0. The summed E-state index contributed by atoms with van der Waals surface area (Å²) in [4.78, 5) is 21.9. The summed E-state index contributed by atoms with van der Waals surface area (Å²) in [6.45, 7) is 1.46. The molecule has 0 aliphatic rings. The number of benzene rings is 1. The van der Waals surface area contributed by atoms with E-state index < -0.39 is 0 Å². The van der Waals surface area contributed by atoms with Crippen LogP contribution in [0.4, 0.5) is 0 Å². The number of carbonyl (C=O) groups excluding carboxylic acids is 1. The molecule has 0 saturated heterocycles. The molecule has 0 radical (unpaired) electrons. The maximum absolute atomic E-state index is 12.4. The Morgan fingerprint density at radius 3 is 2.93 bits per heavy atom. The second kappa shape index (κ2) is 9.00. The highest BCUT2D eigenvalue weighted by atomic mass is 32.1. The van der Waals surface area contributed by atoms with Crippen LogP contribution in [0.2, 0.25) is 0 Å². The Bertz CT molecular complexity index is 1130. The SMILES string of the molecule is COc1ccc(OC)c(-c2cn3c(CC(=O)NCCCn4ccnc4)csc3n2)c1. The van der Waals surface area contributed by atoms with Gasteiger partial charge in [0.05, 0.1) is 32.7 Å². The van der Waals surface area contributed by atoms with Gasteiger partial charge in [-0.15, -0.1) is 11.3 Å². The van der Waals surface area contributed by atoms with E-state index in [2.05, 4.69) is 10.3 Å². The Kier molecular flexibility index (Phi) is 5.99. The van der Waals surface area contributed by atoms with Crippen molar-refractivity contribution in [2.45, 2.75) is 19.4 Å². The summed E-state index contributed by atoms with van der Waals surface area (Å²) in [5.74, 6) is 1.45. The lowest BCUT2D eigenvalue weighted by Gasteiger charge is -2.08. The number of ether oxygens (including phenoxy) is 2. The predicted octanol–water partition coefficient (Wildman–Crippen LogP) is 3.03. The van der Waals surface area contributed by atoms with Gasteiger partial charge in [-0.05, 0) is 24.6 Å². The molecule has 0 spiro atoms. The largest absolute Gasteiger partial charge is 0.497 e. The number of aromatic nitrogens is 4. The summed E-state index contributed by atoms with van der Waals surface area (Å²) in [5.41, 5.74) is 2.53. The number of aryl methyl sites for hydroxylation is 1. The maximum Gasteiger partial charge on any atom is 0.225 e. The fraction of sp³-hybridized carbons (Fsp3) is 0.286. The van der Waals surface area contributed by atoms with E-state index in [4.69, 9.17) is 14.5 Å². The van der Waals surface area contributed by atoms with E-state index in [1.807, 2.05) is 44.9 Å². The zero-order valence-electron chi connectivity index (χ0n) is 16.9. The van der Waals surface area contributed by atoms with Crippen LogP contribution in [0.1, 0.15) is 12.1 Å². The van der Waals surface area contributed by atoms with Crippen molar-refractivity contribution in [2.24, 2.45) is 0 Å². The molecule has 1 N–H and O–H groups in total. The molecule has 3 heterocycles. The highest BCUT2D eigenvalue weighted by Gasteiger charge is 2.15. The van der Waals surface area contributed by atoms with Crippen LogP contribution in [-0.2, 0) is 17.8 Å². The first-order chi connectivity index (χ1) is 14.7. The molecule has 0 atom stereocenters. The molecule has 0 aliphatic heterocycles. The minimum absolute atomic E-state index is 0.00505. The van der Waals surface area contributed by atoms with E-state index in [9.17, 15) is 4.79 Å². The Labute approximate surface area is 178 Å². The molecular weight excluding hydrogens is 402 g/mol. The monoisotopic (exact) mass is 425 g/mol. The van der Waals surface area contributed by atoms with Crippen LogP contribution in [0.15, 0.2) is 48.5 Å². The number of rotatable bonds is 9. The number of thiazole rings is 1. The number of hydrogen-bond donors (Lipinski definition) is 1. The van der Waals surface area contributed by atoms with Crippen LogP contribution in [-0.4, -0.2) is 45.6 Å². The van der Waals surface area contributed by atoms with Crippen LogP contribution in [0.25, 0.3) is 16.2 Å². The molecule has 0 saturated carbocycles. The van der Waals surface area contributed by atoms with Gasteiger partial charge in [-0.1, -0.05) is 0 Å². The average molecular weight is 426 g/mol. The third kappa shape index (κ3) is 4.30. The van der Waals surface area contributed by atoms with Crippen LogP contribution >= 0.6 is 11.3 Å². The van der Waals surface area contributed by atoms with Gasteiger partial charge in [0.1, 0.15) is 11.5 Å². The normalized spacial score (nSPS) is 11.0. The van der Waals surface area contributed by atoms with E-state index in [1.165, 1.54) is 11.3 Å². The van der Waals surface area contributed by atoms with E-state index in [1.54, 1.807) is 26.7 Å². The summed E-state index contributed by atoms with van der Waals surface area (Å²) in [7, 11) is 3.26. The number of nitrogens with zero attached hydrogens (tertiary/aromatic N) is 4. The molecule has 8 nitrogen and oxygen atoms in total. The maximum atomic E-state index is 12.4. The molecule has 3 aromatic heterocycles. The number of nitrogens with one attached hydrogen (secondary N) is 1. The first-order valence-corrected chi connectivity index (χ1v) is 10.5. The van der Waals surface area contributed by atoms with Crippen LogP contribution in [0.3, 0.4) is 0 Å². The molecule has 30 heavy (non-hydrogen) atoms. The highest BCUT2D eigenvalue weighted by Crippen LogP contribution is 2.34. The minimum atomic E-state index is -0.00505. The highest BCUT2D eigenvalue weighted by molar-refractivity contribution is 7.15. The molecule has 156 valence electrons. The summed E-state index contributed by atoms with van der Waals surface area (Å²) < 4.78 is 14.8. The van der Waals surface area contributed by atoms with E-state index >= 15 is 0 Å². The van der Waals surface area contributed by atoms with Gasteiger partial charge in [-0.3, -0.25) is 9.20 Å². The molecule has 9 heteroatoms. The van der Waals surface area contributed by atoms with Gasteiger partial charge in [0.25, 0.3) is 0 Å². The predicted molar refractivity (Wildman–Crippen MR) is 115 cm³/mol. The van der Waals surface area contributed by atoms with Crippen molar-refractivity contribution in [3.8, 4) is 22.8 Å². The molecule has 4 rings (SSSR count). The molecule has 0 bridgehead atoms. The average Bonchev–Trinajstić information content (AvgIpc) is 3.50. The van der Waals surface area contributed by atoms with Crippen LogP contribution in [0, 0.1) is 0 Å². The zero-order valence-corrected chi connectivity index (χ0v) is 17.7. The number of carbonyl (C=O) groups is 1. The minimum Gasteiger partial charge on any atom is -0.497 e. The van der Waals surface area contributed by atoms with Gasteiger partial charge < -0.3 is 19.4 Å². The van der Waals surface area contributed by atoms with Crippen molar-refractivity contribution in [1.29, 1.82) is 0 Å². The molecule has 4 aromatic rings. The summed E-state index contributed by atoms with van der Waals surface area (Å²) in [6, 6.07) is 5.61. The van der Waals surface area contributed by atoms with Crippen LogP contribution < -0.4 is 14.8 Å². The number of imidazole rings is 2. The van der Waals surface area contributed by atoms with Crippen molar-refractivity contribution in [1.82, 2.24) is 24.3 Å². The van der Waals surface area contributed by atoms with Gasteiger partial charge >= 0.3 is 0 Å². The number of fused-ring (bicyclic) bond motifs is 1. The lowest BCUT2D eigenvalue weighted by molar-refractivity contribution is -0.120. The molecule has 0 aliphatic carbocycles. The van der Waals surface area contributed by atoms with Crippen LogP contribution in [0.5, 0.6) is 11.5 Å². The topological polar surface area (TPSA) is 82.7 Å². The molecule has 1 amide bonds. The Balaban J connectivity index is 1.43. The van der Waals surface area contributed by atoms with E-state index in [-0.39, 0.29) is 5.91 Å². The summed E-state index contributed by atoms with van der Waals surface area (Å²) >= 11 is 1.51. The first-order valence-electron chi connectivity index (χ1n) is 9.58. The molecule has 0 fully saturated rings. The molecule has 0 unspecified atom stereocenters. The third-order valence-corrected chi connectivity index (χ3v) is 5.67. The van der Waals surface area contributed by atoms with Crippen molar-refractivity contribution in [2.75, 3.05) is 20.8 Å². The second-order valence-electron chi connectivity index (χ2n) is 6.75. The number of amides is 1. The fourth-order valence-electron chi connectivity index (χ4n) is 3.24. The Morgan fingerprint density at radius 1 is 1.27 bits per heavy atom. The second-order valence-corrected chi connectivity index (χ2v) is 7.59. The Morgan fingerprint density at radius 2 is 2.17 bits per heavy atom. The van der Waals surface area contributed by atoms with Gasteiger partial charge in [-0.25, -0.2) is 9.97 Å². The quantitative estimate of drug-likeness (QED) is 0.417. The Hall–Kier alpha value is -3.33. The fourth-order valence-corrected chi connectivity index (χ4v) is 4.11. The van der Waals surface area contributed by atoms with Gasteiger partial charge in [0.2, 0.25) is 5.91 Å². The van der Waals surface area contributed by atoms with E-state index in [0.29, 0.717) is 13.0 Å². The van der Waals surface area contributed by atoms with Crippen molar-refractivity contribution < 1.29 is 14.3 Å². The lowest BCUT2D eigenvalue weighted by Crippen LogP contribution is -2.27. The standard InChI is InChI=1S/C21H23N5O3S/c1-28-16-4-5-19(29-2)17(11-16)18-12-26-15(13-30-21(26)24-18)10-20(27)23-6-3-8-25-9-7-22-14-25/h4-5,7,9,11-14H,3,6,8,10H2,1-2H3,(H,23,27). The smallest absolute Gasteiger partial charge is 0.225 e. The summed E-state index contributed by atoms with van der Waals surface area (Å²) in [6.07, 6.45) is 8.53. The molecular formula is C21H23N5O3S. The number of hydrogen-bond acceptors (Lipinski definition) is 6. The number of methoxy groups -OCH3 is 2. The third-order valence-electron chi connectivity index (χ3n) is 4.78. The van der Waals surface area contributed by atoms with Gasteiger partial charge in [-0.2, -0.15) is 0 Å².